The minimum Gasteiger partial charge on any atom is -0.486 e. The van der Waals surface area contributed by atoms with Gasteiger partial charge in [-0.05, 0) is 30.7 Å². The van der Waals surface area contributed by atoms with E-state index >= 15 is 0 Å². The van der Waals surface area contributed by atoms with Crippen molar-refractivity contribution >= 4 is 29.1 Å². The van der Waals surface area contributed by atoms with Crippen LogP contribution < -0.4 is 14.9 Å². The van der Waals surface area contributed by atoms with E-state index in [1.54, 1.807) is 19.1 Å². The molecule has 0 radical (unpaired) electrons. The Labute approximate surface area is 166 Å². The second-order valence-corrected chi connectivity index (χ2v) is 6.99. The Kier molecular flexibility index (Phi) is 6.49. The summed E-state index contributed by atoms with van der Waals surface area (Å²) >= 11 is 1.41. The third-order valence-electron chi connectivity index (χ3n) is 3.96. The molecule has 9 heteroatoms. The minimum atomic E-state index is -0.438. The lowest BCUT2D eigenvalue weighted by Crippen LogP contribution is -2.21. The Bertz CT molecular complexity index is 899. The first-order valence-corrected chi connectivity index (χ1v) is 9.72. The summed E-state index contributed by atoms with van der Waals surface area (Å²) in [5.41, 5.74) is 5.00. The molecule has 0 atom stereocenters. The molecule has 0 fully saturated rings. The summed E-state index contributed by atoms with van der Waals surface area (Å²) in [7, 11) is 0. The average molecular weight is 401 g/mol. The smallest absolute Gasteiger partial charge is 0.269 e. The van der Waals surface area contributed by atoms with Crippen molar-refractivity contribution in [2.24, 2.45) is 5.10 Å². The molecule has 1 heterocycles. The lowest BCUT2D eigenvalue weighted by Gasteiger charge is -2.18. The number of hydrogen-bond acceptors (Lipinski definition) is 7. The zero-order valence-corrected chi connectivity index (χ0v) is 16.0. The maximum atomic E-state index is 12.0. The van der Waals surface area contributed by atoms with E-state index in [9.17, 15) is 14.9 Å². The quantitative estimate of drug-likeness (QED) is 0.434. The highest BCUT2D eigenvalue weighted by Crippen LogP contribution is 2.30. The predicted octanol–water partition coefficient (Wildman–Crippen LogP) is 3.14. The van der Waals surface area contributed by atoms with Gasteiger partial charge >= 0.3 is 0 Å². The van der Waals surface area contributed by atoms with E-state index in [1.165, 1.54) is 23.9 Å². The van der Waals surface area contributed by atoms with Crippen molar-refractivity contribution in [1.29, 1.82) is 0 Å². The van der Waals surface area contributed by atoms with Gasteiger partial charge in [-0.15, -0.1) is 11.8 Å². The summed E-state index contributed by atoms with van der Waals surface area (Å²) in [5, 5.41) is 14.8. The van der Waals surface area contributed by atoms with Crippen LogP contribution in [0.25, 0.3) is 0 Å². The lowest BCUT2D eigenvalue weighted by molar-refractivity contribution is -0.384. The average Bonchev–Trinajstić information content (AvgIpc) is 2.72. The SMILES string of the molecule is C/C(=N\NC(=O)CSCc1ccc([N+](=O)[O-])cc1)c1ccc2c(c1)OCCO2. The number of amides is 1. The highest BCUT2D eigenvalue weighted by molar-refractivity contribution is 7.99. The fourth-order valence-corrected chi connectivity index (χ4v) is 3.27. The first kappa shape index (κ1) is 19.7. The van der Waals surface area contributed by atoms with Crippen LogP contribution in [0.3, 0.4) is 0 Å². The van der Waals surface area contributed by atoms with Crippen molar-refractivity contribution in [3.63, 3.8) is 0 Å². The summed E-state index contributed by atoms with van der Waals surface area (Å²) in [5.74, 6) is 1.96. The third-order valence-corrected chi connectivity index (χ3v) is 4.96. The van der Waals surface area contributed by atoms with Gasteiger partial charge in [-0.2, -0.15) is 5.10 Å². The predicted molar refractivity (Wildman–Crippen MR) is 107 cm³/mol. The number of carbonyl (C=O) groups is 1. The molecule has 28 heavy (non-hydrogen) atoms. The maximum Gasteiger partial charge on any atom is 0.269 e. The van der Waals surface area contributed by atoms with Crippen molar-refractivity contribution in [2.45, 2.75) is 12.7 Å². The molecule has 0 bridgehead atoms. The van der Waals surface area contributed by atoms with E-state index in [4.69, 9.17) is 9.47 Å². The zero-order chi connectivity index (χ0) is 19.9. The first-order chi connectivity index (χ1) is 13.5. The van der Waals surface area contributed by atoms with Crippen LogP contribution >= 0.6 is 11.8 Å². The number of ether oxygens (including phenoxy) is 2. The van der Waals surface area contributed by atoms with E-state index in [1.807, 2.05) is 18.2 Å². The molecule has 0 aliphatic carbocycles. The molecule has 0 aromatic heterocycles. The molecule has 2 aromatic carbocycles. The number of nitro benzene ring substituents is 1. The van der Waals surface area contributed by atoms with Crippen LogP contribution in [0.2, 0.25) is 0 Å². The highest BCUT2D eigenvalue weighted by Gasteiger charge is 2.13. The third kappa shape index (κ3) is 5.23. The summed E-state index contributed by atoms with van der Waals surface area (Å²) < 4.78 is 11.0. The van der Waals surface area contributed by atoms with Crippen LogP contribution in [0.5, 0.6) is 11.5 Å². The topological polar surface area (TPSA) is 103 Å². The van der Waals surface area contributed by atoms with Crippen LogP contribution in [-0.4, -0.2) is 35.5 Å². The second-order valence-electron chi connectivity index (χ2n) is 6.01. The monoisotopic (exact) mass is 401 g/mol. The summed E-state index contributed by atoms with van der Waals surface area (Å²) in [6, 6.07) is 11.8. The van der Waals surface area contributed by atoms with E-state index < -0.39 is 4.92 Å². The summed E-state index contributed by atoms with van der Waals surface area (Å²) in [6.07, 6.45) is 0. The van der Waals surface area contributed by atoms with Crippen LogP contribution in [-0.2, 0) is 10.5 Å². The Morgan fingerprint density at radius 1 is 1.18 bits per heavy atom. The zero-order valence-electron chi connectivity index (χ0n) is 15.2. The molecule has 0 saturated carbocycles. The fourth-order valence-electron chi connectivity index (χ4n) is 2.49. The van der Waals surface area contributed by atoms with Crippen molar-refractivity contribution in [3.05, 3.63) is 63.7 Å². The van der Waals surface area contributed by atoms with Crippen LogP contribution in [0.15, 0.2) is 47.6 Å². The molecular weight excluding hydrogens is 382 g/mol. The molecular formula is C19H19N3O5S. The number of hydrazone groups is 1. The number of thioether (sulfide) groups is 1. The fraction of sp³-hybridized carbons (Fsp3) is 0.263. The summed E-state index contributed by atoms with van der Waals surface area (Å²) in [4.78, 5) is 22.2. The second kappa shape index (κ2) is 9.23. The van der Waals surface area contributed by atoms with Gasteiger partial charge in [0, 0.05) is 23.4 Å². The number of nitro groups is 1. The van der Waals surface area contributed by atoms with Gasteiger partial charge in [0.25, 0.3) is 5.69 Å². The molecule has 0 unspecified atom stereocenters. The lowest BCUT2D eigenvalue weighted by atomic mass is 10.1. The number of nitrogens with one attached hydrogen (secondary N) is 1. The van der Waals surface area contributed by atoms with Gasteiger partial charge in [0.05, 0.1) is 16.4 Å². The molecule has 146 valence electrons. The van der Waals surface area contributed by atoms with E-state index in [2.05, 4.69) is 10.5 Å². The van der Waals surface area contributed by atoms with Crippen molar-refractivity contribution in [2.75, 3.05) is 19.0 Å². The number of carbonyl (C=O) groups excluding carboxylic acids is 1. The number of benzene rings is 2. The number of rotatable bonds is 7. The standard InChI is InChI=1S/C19H19N3O5S/c1-13(15-4-7-17-18(10-15)27-9-8-26-17)20-21-19(23)12-28-11-14-2-5-16(6-3-14)22(24)25/h2-7,10H,8-9,11-12H2,1H3,(H,21,23)/b20-13+. The Morgan fingerprint density at radius 3 is 2.61 bits per heavy atom. The van der Waals surface area contributed by atoms with Gasteiger partial charge in [0.15, 0.2) is 11.5 Å². The minimum absolute atomic E-state index is 0.0513. The van der Waals surface area contributed by atoms with Gasteiger partial charge in [-0.25, -0.2) is 5.43 Å². The van der Waals surface area contributed by atoms with Crippen molar-refractivity contribution < 1.29 is 19.2 Å². The highest BCUT2D eigenvalue weighted by atomic mass is 32.2. The Balaban J connectivity index is 1.47. The van der Waals surface area contributed by atoms with Gasteiger partial charge in [0.2, 0.25) is 5.91 Å². The summed E-state index contributed by atoms with van der Waals surface area (Å²) in [6.45, 7) is 2.85. The number of non-ortho nitro benzene ring substituents is 1. The molecule has 3 rings (SSSR count). The molecule has 1 aliphatic heterocycles. The van der Waals surface area contributed by atoms with Gasteiger partial charge in [0.1, 0.15) is 13.2 Å². The first-order valence-electron chi connectivity index (χ1n) is 8.57. The largest absolute Gasteiger partial charge is 0.486 e. The Hall–Kier alpha value is -3.07. The number of hydrogen-bond donors (Lipinski definition) is 1. The van der Waals surface area contributed by atoms with Crippen LogP contribution in [0.1, 0.15) is 18.1 Å². The van der Waals surface area contributed by atoms with E-state index in [-0.39, 0.29) is 17.3 Å². The van der Waals surface area contributed by atoms with E-state index in [0.717, 1.165) is 11.1 Å². The molecule has 0 spiro atoms. The molecule has 1 amide bonds. The van der Waals surface area contributed by atoms with Crippen molar-refractivity contribution in [1.82, 2.24) is 5.43 Å². The van der Waals surface area contributed by atoms with Gasteiger partial charge < -0.3 is 9.47 Å². The van der Waals surface area contributed by atoms with Crippen molar-refractivity contribution in [3.8, 4) is 11.5 Å². The van der Waals surface area contributed by atoms with E-state index in [0.29, 0.717) is 36.2 Å². The van der Waals surface area contributed by atoms with Crippen LogP contribution in [0, 0.1) is 10.1 Å². The normalized spacial score (nSPS) is 13.1. The molecule has 1 N–H and O–H groups in total. The maximum absolute atomic E-state index is 12.0. The molecule has 0 saturated heterocycles. The molecule has 2 aromatic rings. The van der Waals surface area contributed by atoms with Crippen LogP contribution in [0.4, 0.5) is 5.69 Å². The number of fused-ring (bicyclic) bond motifs is 1. The number of nitrogens with zero attached hydrogens (tertiary/aromatic N) is 2. The van der Waals surface area contributed by atoms with Gasteiger partial charge in [-0.3, -0.25) is 14.9 Å². The van der Waals surface area contributed by atoms with Gasteiger partial charge in [-0.1, -0.05) is 12.1 Å². The molecule has 1 aliphatic rings. The Morgan fingerprint density at radius 2 is 1.89 bits per heavy atom. The molecule has 8 nitrogen and oxygen atoms in total.